The minimum atomic E-state index is -0.0656. The number of carbonyl (C=O) groups is 1. The van der Waals surface area contributed by atoms with E-state index in [0.29, 0.717) is 23.7 Å². The van der Waals surface area contributed by atoms with Crippen molar-refractivity contribution in [2.24, 2.45) is 0 Å². The van der Waals surface area contributed by atoms with Crippen LogP contribution in [-0.2, 0) is 11.2 Å². The third kappa shape index (κ3) is 3.44. The molecule has 2 aliphatic rings. The van der Waals surface area contributed by atoms with E-state index in [9.17, 15) is 4.79 Å². The zero-order chi connectivity index (χ0) is 16.5. The summed E-state index contributed by atoms with van der Waals surface area (Å²) in [7, 11) is 0. The van der Waals surface area contributed by atoms with Crippen LogP contribution in [0, 0.1) is 0 Å². The Morgan fingerprint density at radius 2 is 2.04 bits per heavy atom. The molecular formula is C18H20ClN3O3. The third-order valence-electron chi connectivity index (χ3n) is 4.37. The van der Waals surface area contributed by atoms with Crippen LogP contribution >= 0.6 is 12.4 Å². The van der Waals surface area contributed by atoms with Crippen molar-refractivity contribution in [2.45, 2.75) is 12.8 Å². The maximum Gasteiger partial charge on any atom is 0.243 e. The second-order valence-electron chi connectivity index (χ2n) is 5.99. The Hall–Kier alpha value is -2.60. The van der Waals surface area contributed by atoms with Gasteiger partial charge < -0.3 is 25.4 Å². The summed E-state index contributed by atoms with van der Waals surface area (Å²) in [4.78, 5) is 14.5. The van der Waals surface area contributed by atoms with Gasteiger partial charge in [0.1, 0.15) is 0 Å². The predicted molar refractivity (Wildman–Crippen MR) is 99.8 cm³/mol. The van der Waals surface area contributed by atoms with Gasteiger partial charge in [-0.25, -0.2) is 0 Å². The van der Waals surface area contributed by atoms with Crippen molar-refractivity contribution >= 4 is 35.4 Å². The van der Waals surface area contributed by atoms with E-state index in [1.165, 1.54) is 0 Å². The quantitative estimate of drug-likeness (QED) is 0.822. The average molecular weight is 362 g/mol. The van der Waals surface area contributed by atoms with Crippen molar-refractivity contribution < 1.29 is 14.3 Å². The van der Waals surface area contributed by atoms with E-state index < -0.39 is 0 Å². The first kappa shape index (κ1) is 17.2. The molecule has 0 bridgehead atoms. The van der Waals surface area contributed by atoms with E-state index in [1.54, 1.807) is 12.1 Å². The number of anilines is 3. The van der Waals surface area contributed by atoms with E-state index in [-0.39, 0.29) is 25.1 Å². The SMILES string of the molecule is Cl.Nc1cccc2c1CCCN2CC(=O)Nc1ccc2c(c1)OCO2. The molecule has 0 atom stereocenters. The van der Waals surface area contributed by atoms with Crippen molar-refractivity contribution in [3.63, 3.8) is 0 Å². The summed E-state index contributed by atoms with van der Waals surface area (Å²) in [6, 6.07) is 11.3. The van der Waals surface area contributed by atoms with Crippen LogP contribution in [0.15, 0.2) is 36.4 Å². The number of fused-ring (bicyclic) bond motifs is 2. The fourth-order valence-electron chi connectivity index (χ4n) is 3.24. The first-order valence-electron chi connectivity index (χ1n) is 8.02. The van der Waals surface area contributed by atoms with Crippen LogP contribution < -0.4 is 25.4 Å². The van der Waals surface area contributed by atoms with Crippen molar-refractivity contribution in [3.8, 4) is 11.5 Å². The Bertz CT molecular complexity index is 797. The van der Waals surface area contributed by atoms with Crippen LogP contribution in [0.4, 0.5) is 17.1 Å². The van der Waals surface area contributed by atoms with Gasteiger partial charge in [0, 0.05) is 29.7 Å². The standard InChI is InChI=1S/C18H19N3O3.ClH/c19-14-4-1-5-15-13(14)3-2-8-21(15)10-18(22)20-12-6-7-16-17(9-12)24-11-23-16;/h1,4-7,9H,2-3,8,10-11,19H2,(H,20,22);1H. The molecule has 0 aromatic heterocycles. The molecule has 0 spiro atoms. The molecule has 3 N–H and O–H groups in total. The highest BCUT2D eigenvalue weighted by atomic mass is 35.5. The van der Waals surface area contributed by atoms with Gasteiger partial charge >= 0.3 is 0 Å². The second kappa shape index (κ2) is 7.11. The van der Waals surface area contributed by atoms with Crippen molar-refractivity contribution in [3.05, 3.63) is 42.0 Å². The predicted octanol–water partition coefficient (Wildman–Crippen LogP) is 2.81. The first-order valence-corrected chi connectivity index (χ1v) is 8.02. The average Bonchev–Trinajstić information content (AvgIpc) is 3.03. The minimum absolute atomic E-state index is 0. The Morgan fingerprint density at radius 3 is 2.92 bits per heavy atom. The molecule has 132 valence electrons. The summed E-state index contributed by atoms with van der Waals surface area (Å²) in [5.41, 5.74) is 9.76. The number of benzene rings is 2. The third-order valence-corrected chi connectivity index (χ3v) is 4.37. The number of nitrogens with two attached hydrogens (primary N) is 1. The second-order valence-corrected chi connectivity index (χ2v) is 5.99. The summed E-state index contributed by atoms with van der Waals surface area (Å²) < 4.78 is 10.6. The Kier molecular flexibility index (Phi) is 4.90. The summed E-state index contributed by atoms with van der Waals surface area (Å²) in [6.07, 6.45) is 1.96. The van der Waals surface area contributed by atoms with Gasteiger partial charge in [-0.3, -0.25) is 4.79 Å². The van der Waals surface area contributed by atoms with Gasteiger partial charge in [-0.15, -0.1) is 12.4 Å². The molecule has 6 nitrogen and oxygen atoms in total. The molecule has 0 aliphatic carbocycles. The van der Waals surface area contributed by atoms with Crippen LogP contribution in [-0.4, -0.2) is 25.8 Å². The van der Waals surface area contributed by atoms with Crippen molar-refractivity contribution in [1.29, 1.82) is 0 Å². The number of amides is 1. The first-order chi connectivity index (χ1) is 11.7. The van der Waals surface area contributed by atoms with Gasteiger partial charge in [0.25, 0.3) is 0 Å². The molecule has 0 unspecified atom stereocenters. The largest absolute Gasteiger partial charge is 0.454 e. The number of rotatable bonds is 3. The van der Waals surface area contributed by atoms with E-state index >= 15 is 0 Å². The van der Waals surface area contributed by atoms with Crippen LogP contribution in [0.3, 0.4) is 0 Å². The van der Waals surface area contributed by atoms with Crippen LogP contribution in [0.2, 0.25) is 0 Å². The molecule has 0 saturated heterocycles. The van der Waals surface area contributed by atoms with Crippen molar-refractivity contribution in [1.82, 2.24) is 0 Å². The smallest absolute Gasteiger partial charge is 0.243 e. The van der Waals surface area contributed by atoms with E-state index in [2.05, 4.69) is 10.2 Å². The van der Waals surface area contributed by atoms with E-state index in [4.69, 9.17) is 15.2 Å². The lowest BCUT2D eigenvalue weighted by Crippen LogP contribution is -2.37. The number of nitrogen functional groups attached to an aromatic ring is 1. The lowest BCUT2D eigenvalue weighted by molar-refractivity contribution is -0.115. The number of carbonyl (C=O) groups excluding carboxylic acids is 1. The normalized spacial score (nSPS) is 14.5. The van der Waals surface area contributed by atoms with Gasteiger partial charge in [0.15, 0.2) is 11.5 Å². The van der Waals surface area contributed by atoms with E-state index in [1.807, 2.05) is 24.3 Å². The minimum Gasteiger partial charge on any atom is -0.454 e. The fourth-order valence-corrected chi connectivity index (χ4v) is 3.24. The number of hydrogen-bond donors (Lipinski definition) is 2. The summed E-state index contributed by atoms with van der Waals surface area (Å²) >= 11 is 0. The number of ether oxygens (including phenoxy) is 2. The highest BCUT2D eigenvalue weighted by Gasteiger charge is 2.21. The van der Waals surface area contributed by atoms with Gasteiger partial charge in [0.05, 0.1) is 6.54 Å². The molecule has 0 fully saturated rings. The Balaban J connectivity index is 0.00000182. The zero-order valence-electron chi connectivity index (χ0n) is 13.7. The summed E-state index contributed by atoms with van der Waals surface area (Å²) in [5, 5.41) is 2.92. The molecule has 0 radical (unpaired) electrons. The Morgan fingerprint density at radius 1 is 1.20 bits per heavy atom. The maximum absolute atomic E-state index is 12.4. The number of hydrogen-bond acceptors (Lipinski definition) is 5. The van der Waals surface area contributed by atoms with Crippen LogP contribution in [0.5, 0.6) is 11.5 Å². The topological polar surface area (TPSA) is 76.8 Å². The lowest BCUT2D eigenvalue weighted by atomic mass is 10.00. The van der Waals surface area contributed by atoms with Crippen LogP contribution in [0.1, 0.15) is 12.0 Å². The lowest BCUT2D eigenvalue weighted by Gasteiger charge is -2.31. The molecular weight excluding hydrogens is 342 g/mol. The van der Waals surface area contributed by atoms with Gasteiger partial charge in [-0.2, -0.15) is 0 Å². The van der Waals surface area contributed by atoms with Gasteiger partial charge in [0.2, 0.25) is 12.7 Å². The van der Waals surface area contributed by atoms with Gasteiger partial charge in [-0.1, -0.05) is 6.07 Å². The highest BCUT2D eigenvalue weighted by molar-refractivity contribution is 5.94. The number of halogens is 1. The monoisotopic (exact) mass is 361 g/mol. The zero-order valence-corrected chi connectivity index (χ0v) is 14.5. The molecule has 2 heterocycles. The van der Waals surface area contributed by atoms with E-state index in [0.717, 1.165) is 36.3 Å². The fraction of sp³-hybridized carbons (Fsp3) is 0.278. The molecule has 25 heavy (non-hydrogen) atoms. The molecule has 2 aromatic carbocycles. The van der Waals surface area contributed by atoms with Crippen molar-refractivity contribution in [2.75, 3.05) is 35.8 Å². The summed E-state index contributed by atoms with van der Waals surface area (Å²) in [5.74, 6) is 1.29. The van der Waals surface area contributed by atoms with Gasteiger partial charge in [-0.05, 0) is 42.7 Å². The maximum atomic E-state index is 12.4. The molecule has 2 aliphatic heterocycles. The molecule has 0 saturated carbocycles. The number of nitrogens with one attached hydrogen (secondary N) is 1. The molecule has 1 amide bonds. The van der Waals surface area contributed by atoms with Crippen LogP contribution in [0.25, 0.3) is 0 Å². The molecule has 4 rings (SSSR count). The molecule has 7 heteroatoms. The Labute approximate surface area is 152 Å². The number of nitrogens with zero attached hydrogens (tertiary/aromatic N) is 1. The summed E-state index contributed by atoms with van der Waals surface area (Å²) in [6.45, 7) is 1.37. The highest BCUT2D eigenvalue weighted by Crippen LogP contribution is 2.34. The molecule has 2 aromatic rings.